The van der Waals surface area contributed by atoms with Gasteiger partial charge in [-0.1, -0.05) is 18.2 Å². The minimum absolute atomic E-state index is 0.239. The summed E-state index contributed by atoms with van der Waals surface area (Å²) in [5.74, 6) is -0.0876. The Hall–Kier alpha value is -4.33. The fraction of sp³-hybridized carbons (Fsp3) is 0.222. The van der Waals surface area contributed by atoms with E-state index in [1.807, 2.05) is 45.0 Å². The number of pyridine rings is 1. The van der Waals surface area contributed by atoms with Crippen molar-refractivity contribution < 1.29 is 14.4 Å². The fourth-order valence-corrected chi connectivity index (χ4v) is 4.47. The van der Waals surface area contributed by atoms with E-state index < -0.39 is 5.91 Å². The molecule has 8 heteroatoms. The van der Waals surface area contributed by atoms with Crippen LogP contribution in [0.3, 0.4) is 0 Å². The number of carbonyl (C=O) groups excluding carboxylic acids is 3. The molecule has 0 radical (unpaired) electrons. The van der Waals surface area contributed by atoms with Crippen LogP contribution in [0.5, 0.6) is 0 Å². The van der Waals surface area contributed by atoms with Gasteiger partial charge in [-0.15, -0.1) is 0 Å². The zero-order valence-electron chi connectivity index (χ0n) is 20.2. The average Bonchev–Trinajstić information content (AvgIpc) is 3.30. The fourth-order valence-electron chi connectivity index (χ4n) is 4.47. The molecule has 176 valence electrons. The molecule has 0 unspecified atom stereocenters. The third-order valence-electron chi connectivity index (χ3n) is 6.22. The van der Waals surface area contributed by atoms with Crippen LogP contribution in [0.2, 0.25) is 0 Å². The minimum atomic E-state index is -0.411. The number of hydrogen-bond acceptors (Lipinski definition) is 5. The number of benzene rings is 2. The standard InChI is InChI=1S/C27H25N5O3/c1-14(2)31-26(34)20-10-9-18(13-21(20)27(31)35)25(33)29-23-12-17(5)30-32(23)22-11-16(4)19-8-6-7-15(3)24(19)28-22/h6-14H,1-5H3,(H,29,33). The van der Waals surface area contributed by atoms with Gasteiger partial charge in [0, 0.05) is 23.1 Å². The topological polar surface area (TPSA) is 97.2 Å². The molecule has 35 heavy (non-hydrogen) atoms. The third kappa shape index (κ3) is 3.67. The van der Waals surface area contributed by atoms with Gasteiger partial charge in [-0.2, -0.15) is 9.78 Å². The normalized spacial score (nSPS) is 13.1. The lowest BCUT2D eigenvalue weighted by atomic mass is 10.1. The maximum absolute atomic E-state index is 13.2. The van der Waals surface area contributed by atoms with Crippen molar-refractivity contribution in [3.05, 3.63) is 82.0 Å². The highest BCUT2D eigenvalue weighted by Gasteiger charge is 2.37. The quantitative estimate of drug-likeness (QED) is 0.442. The van der Waals surface area contributed by atoms with Gasteiger partial charge in [-0.05, 0) is 70.0 Å². The van der Waals surface area contributed by atoms with Crippen LogP contribution in [0.25, 0.3) is 16.7 Å². The number of fused-ring (bicyclic) bond motifs is 2. The number of anilines is 1. The summed E-state index contributed by atoms with van der Waals surface area (Å²) in [6.45, 7) is 9.43. The van der Waals surface area contributed by atoms with E-state index in [1.165, 1.54) is 17.0 Å². The number of aryl methyl sites for hydroxylation is 3. The Morgan fingerprint density at radius 1 is 0.914 bits per heavy atom. The van der Waals surface area contributed by atoms with Crippen molar-refractivity contribution in [2.45, 2.75) is 40.7 Å². The number of amides is 3. The van der Waals surface area contributed by atoms with Gasteiger partial charge in [-0.25, -0.2) is 4.98 Å². The first kappa shape index (κ1) is 22.5. The summed E-state index contributed by atoms with van der Waals surface area (Å²) in [6.07, 6.45) is 0. The molecule has 1 aliphatic heterocycles. The summed E-state index contributed by atoms with van der Waals surface area (Å²) in [4.78, 5) is 44.5. The molecule has 0 fully saturated rings. The van der Waals surface area contributed by atoms with Gasteiger partial charge in [0.05, 0.1) is 22.3 Å². The Kier molecular flexibility index (Phi) is 5.24. The Balaban J connectivity index is 1.50. The predicted octanol–water partition coefficient (Wildman–Crippen LogP) is 4.60. The zero-order valence-corrected chi connectivity index (χ0v) is 20.2. The van der Waals surface area contributed by atoms with E-state index in [2.05, 4.69) is 10.4 Å². The Bertz CT molecular complexity index is 1550. The summed E-state index contributed by atoms with van der Waals surface area (Å²) in [5.41, 5.74) is 4.52. The Labute approximate surface area is 202 Å². The summed E-state index contributed by atoms with van der Waals surface area (Å²) >= 11 is 0. The number of rotatable bonds is 4. The SMILES string of the molecule is Cc1cc(NC(=O)c2ccc3c(c2)C(=O)N(C(C)C)C3=O)n(-c2cc(C)c3cccc(C)c3n2)n1. The van der Waals surface area contributed by atoms with Crippen molar-refractivity contribution in [3.8, 4) is 5.82 Å². The molecule has 2 aromatic carbocycles. The van der Waals surface area contributed by atoms with Crippen LogP contribution in [0.1, 0.15) is 61.7 Å². The summed E-state index contributed by atoms with van der Waals surface area (Å²) in [7, 11) is 0. The van der Waals surface area contributed by atoms with E-state index >= 15 is 0 Å². The second-order valence-corrected chi connectivity index (χ2v) is 9.14. The molecule has 0 saturated heterocycles. The molecule has 8 nitrogen and oxygen atoms in total. The van der Waals surface area contributed by atoms with Gasteiger partial charge < -0.3 is 5.32 Å². The number of nitrogens with zero attached hydrogens (tertiary/aromatic N) is 4. The smallest absolute Gasteiger partial charge is 0.261 e. The van der Waals surface area contributed by atoms with E-state index in [4.69, 9.17) is 4.98 Å². The molecule has 0 atom stereocenters. The first-order chi connectivity index (χ1) is 16.7. The molecule has 3 heterocycles. The lowest BCUT2D eigenvalue weighted by molar-refractivity contribution is 0.0609. The first-order valence-corrected chi connectivity index (χ1v) is 11.4. The average molecular weight is 468 g/mol. The van der Waals surface area contributed by atoms with Crippen molar-refractivity contribution in [2.75, 3.05) is 5.32 Å². The summed E-state index contributed by atoms with van der Waals surface area (Å²) < 4.78 is 1.61. The molecular weight excluding hydrogens is 442 g/mol. The van der Waals surface area contributed by atoms with Crippen LogP contribution < -0.4 is 5.32 Å². The molecule has 2 aromatic heterocycles. The van der Waals surface area contributed by atoms with Crippen LogP contribution in [0, 0.1) is 20.8 Å². The number of para-hydroxylation sites is 1. The highest BCUT2D eigenvalue weighted by Crippen LogP contribution is 2.27. The number of carbonyl (C=O) groups is 3. The molecule has 4 aromatic rings. The van der Waals surface area contributed by atoms with E-state index in [0.29, 0.717) is 22.9 Å². The van der Waals surface area contributed by atoms with Crippen molar-refractivity contribution in [1.29, 1.82) is 0 Å². The van der Waals surface area contributed by atoms with Crippen molar-refractivity contribution in [2.24, 2.45) is 0 Å². The van der Waals surface area contributed by atoms with Gasteiger partial charge in [0.2, 0.25) is 0 Å². The summed E-state index contributed by atoms with van der Waals surface area (Å²) in [6, 6.07) is 14.0. The lowest BCUT2D eigenvalue weighted by Crippen LogP contribution is -2.35. The van der Waals surface area contributed by atoms with Crippen LogP contribution in [0.4, 0.5) is 5.82 Å². The van der Waals surface area contributed by atoms with Crippen LogP contribution in [-0.2, 0) is 0 Å². The molecule has 0 aliphatic carbocycles. The van der Waals surface area contributed by atoms with Gasteiger partial charge in [0.15, 0.2) is 5.82 Å². The van der Waals surface area contributed by atoms with Gasteiger partial charge >= 0.3 is 0 Å². The maximum atomic E-state index is 13.2. The van der Waals surface area contributed by atoms with Crippen LogP contribution in [-0.4, -0.2) is 43.4 Å². The molecule has 0 saturated carbocycles. The highest BCUT2D eigenvalue weighted by atomic mass is 16.2. The second-order valence-electron chi connectivity index (χ2n) is 9.14. The van der Waals surface area contributed by atoms with Gasteiger partial charge in [-0.3, -0.25) is 19.3 Å². The number of nitrogens with one attached hydrogen (secondary N) is 1. The molecule has 0 bridgehead atoms. The number of hydrogen-bond donors (Lipinski definition) is 1. The van der Waals surface area contributed by atoms with E-state index in [9.17, 15) is 14.4 Å². The van der Waals surface area contributed by atoms with Crippen LogP contribution in [0.15, 0.2) is 48.5 Å². The molecular formula is C27H25N5O3. The van der Waals surface area contributed by atoms with Crippen molar-refractivity contribution in [3.63, 3.8) is 0 Å². The number of aromatic nitrogens is 3. The lowest BCUT2D eigenvalue weighted by Gasteiger charge is -2.17. The number of imide groups is 1. The van der Waals surface area contributed by atoms with Gasteiger partial charge in [0.1, 0.15) is 5.82 Å². The van der Waals surface area contributed by atoms with Gasteiger partial charge in [0.25, 0.3) is 17.7 Å². The van der Waals surface area contributed by atoms with Crippen molar-refractivity contribution in [1.82, 2.24) is 19.7 Å². The zero-order chi connectivity index (χ0) is 25.0. The highest BCUT2D eigenvalue weighted by molar-refractivity contribution is 6.22. The van der Waals surface area contributed by atoms with Crippen LogP contribution >= 0.6 is 0 Å². The molecule has 0 spiro atoms. The molecule has 1 aliphatic rings. The third-order valence-corrected chi connectivity index (χ3v) is 6.22. The van der Waals surface area contributed by atoms with E-state index in [0.717, 1.165) is 22.0 Å². The minimum Gasteiger partial charge on any atom is -0.306 e. The predicted molar refractivity (Wildman–Crippen MR) is 133 cm³/mol. The Morgan fingerprint density at radius 2 is 1.66 bits per heavy atom. The van der Waals surface area contributed by atoms with E-state index in [1.54, 1.807) is 30.7 Å². The maximum Gasteiger partial charge on any atom is 0.261 e. The monoisotopic (exact) mass is 467 g/mol. The molecule has 1 N–H and O–H groups in total. The molecule has 3 amide bonds. The largest absolute Gasteiger partial charge is 0.306 e. The molecule has 5 rings (SSSR count). The first-order valence-electron chi connectivity index (χ1n) is 11.4. The van der Waals surface area contributed by atoms with Crippen molar-refractivity contribution >= 4 is 34.4 Å². The second kappa shape index (κ2) is 8.16. The Morgan fingerprint density at radius 3 is 2.40 bits per heavy atom. The summed E-state index contributed by atoms with van der Waals surface area (Å²) in [5, 5.41) is 8.51. The van der Waals surface area contributed by atoms with E-state index in [-0.39, 0.29) is 29.0 Å².